The van der Waals surface area contributed by atoms with Crippen molar-refractivity contribution in [1.82, 2.24) is 9.97 Å². The molecule has 0 saturated heterocycles. The molecule has 4 N–H and O–H groups in total. The van der Waals surface area contributed by atoms with Crippen LogP contribution < -0.4 is 16.2 Å². The average Bonchev–Trinajstić information content (AvgIpc) is 2.36. The number of hydrazine groups is 1. The molecule has 0 saturated carbocycles. The van der Waals surface area contributed by atoms with Crippen molar-refractivity contribution in [2.75, 3.05) is 30.0 Å². The van der Waals surface area contributed by atoms with Crippen LogP contribution in [0, 0.1) is 0 Å². The fourth-order valence-corrected chi connectivity index (χ4v) is 1.86. The number of nitrogens with one attached hydrogen (secondary N) is 1. The molecule has 0 unspecified atom stereocenters. The first-order valence-electron chi connectivity index (χ1n) is 5.96. The van der Waals surface area contributed by atoms with Crippen LogP contribution in [0.15, 0.2) is 6.33 Å². The van der Waals surface area contributed by atoms with Gasteiger partial charge in [0.15, 0.2) is 0 Å². The van der Waals surface area contributed by atoms with E-state index in [4.69, 9.17) is 10.9 Å². The van der Waals surface area contributed by atoms with E-state index in [2.05, 4.69) is 15.4 Å². The quantitative estimate of drug-likeness (QED) is 0.507. The zero-order valence-corrected chi connectivity index (χ0v) is 11.0. The predicted molar refractivity (Wildman–Crippen MR) is 69.2 cm³/mol. The van der Waals surface area contributed by atoms with Crippen LogP contribution in [0.1, 0.15) is 25.3 Å². The molecule has 6 nitrogen and oxygen atoms in total. The van der Waals surface area contributed by atoms with E-state index in [9.17, 15) is 8.78 Å². The second kappa shape index (κ2) is 7.15. The number of rotatable bonds is 7. The summed E-state index contributed by atoms with van der Waals surface area (Å²) in [7, 11) is 0. The minimum absolute atomic E-state index is 0.00103. The number of nitrogens with two attached hydrogens (primary N) is 1. The van der Waals surface area contributed by atoms with Gasteiger partial charge in [-0.3, -0.25) is 0 Å². The summed E-state index contributed by atoms with van der Waals surface area (Å²) in [6.07, 6.45) is -1.26. The van der Waals surface area contributed by atoms with Gasteiger partial charge >= 0.3 is 0 Å². The summed E-state index contributed by atoms with van der Waals surface area (Å²) in [5.74, 6) is 6.15. The van der Waals surface area contributed by atoms with Gasteiger partial charge in [0.05, 0.1) is 13.2 Å². The van der Waals surface area contributed by atoms with Crippen molar-refractivity contribution in [3.05, 3.63) is 11.9 Å². The maximum Gasteiger partial charge on any atom is 0.255 e. The van der Waals surface area contributed by atoms with Crippen molar-refractivity contribution in [2.45, 2.75) is 26.2 Å². The first kappa shape index (κ1) is 15.5. The summed E-state index contributed by atoms with van der Waals surface area (Å²) in [5, 5.41) is 9.00. The monoisotopic (exact) mass is 275 g/mol. The molecule has 0 amide bonds. The SMILES string of the molecule is CC(C)c1c(NN)ncnc1N(CCO)CC(F)F. The number of hydrogen-bond acceptors (Lipinski definition) is 6. The van der Waals surface area contributed by atoms with Crippen LogP contribution in [-0.4, -0.2) is 41.2 Å². The van der Waals surface area contributed by atoms with E-state index >= 15 is 0 Å². The van der Waals surface area contributed by atoms with Crippen LogP contribution in [0.5, 0.6) is 0 Å². The third-order valence-electron chi connectivity index (χ3n) is 2.60. The molecule has 0 aliphatic rings. The summed E-state index contributed by atoms with van der Waals surface area (Å²) in [6.45, 7) is 3.12. The lowest BCUT2D eigenvalue weighted by Crippen LogP contribution is -2.33. The zero-order valence-electron chi connectivity index (χ0n) is 11.0. The molecule has 0 fully saturated rings. The molecule has 0 atom stereocenters. The van der Waals surface area contributed by atoms with Crippen molar-refractivity contribution in [3.63, 3.8) is 0 Å². The van der Waals surface area contributed by atoms with E-state index in [0.29, 0.717) is 17.2 Å². The van der Waals surface area contributed by atoms with E-state index in [0.717, 1.165) is 0 Å². The van der Waals surface area contributed by atoms with Crippen LogP contribution in [0.3, 0.4) is 0 Å². The molecule has 108 valence electrons. The van der Waals surface area contributed by atoms with Gasteiger partial charge in [0.1, 0.15) is 18.0 Å². The van der Waals surface area contributed by atoms with Gasteiger partial charge in [0.25, 0.3) is 6.43 Å². The lowest BCUT2D eigenvalue weighted by Gasteiger charge is -2.26. The minimum Gasteiger partial charge on any atom is -0.395 e. The largest absolute Gasteiger partial charge is 0.395 e. The van der Waals surface area contributed by atoms with E-state index < -0.39 is 13.0 Å². The molecule has 1 aromatic rings. The summed E-state index contributed by atoms with van der Waals surface area (Å²) >= 11 is 0. The van der Waals surface area contributed by atoms with E-state index in [1.807, 2.05) is 13.8 Å². The van der Waals surface area contributed by atoms with E-state index in [1.54, 1.807) is 0 Å². The minimum atomic E-state index is -2.52. The number of aliphatic hydroxyl groups excluding tert-OH is 1. The zero-order chi connectivity index (χ0) is 14.4. The first-order chi connectivity index (χ1) is 9.01. The van der Waals surface area contributed by atoms with Gasteiger partial charge in [-0.05, 0) is 5.92 Å². The molecule has 0 aromatic carbocycles. The van der Waals surface area contributed by atoms with E-state index in [-0.39, 0.29) is 19.1 Å². The van der Waals surface area contributed by atoms with Crippen molar-refractivity contribution < 1.29 is 13.9 Å². The second-order valence-corrected chi connectivity index (χ2v) is 4.32. The van der Waals surface area contributed by atoms with Gasteiger partial charge < -0.3 is 15.4 Å². The Balaban J connectivity index is 3.20. The van der Waals surface area contributed by atoms with Crippen LogP contribution in [-0.2, 0) is 0 Å². The summed E-state index contributed by atoms with van der Waals surface area (Å²) in [6, 6.07) is 0. The summed E-state index contributed by atoms with van der Waals surface area (Å²) < 4.78 is 25.2. The van der Waals surface area contributed by atoms with Crippen LogP contribution >= 0.6 is 0 Å². The number of aromatic nitrogens is 2. The Morgan fingerprint density at radius 1 is 1.42 bits per heavy atom. The average molecular weight is 275 g/mol. The molecule has 0 radical (unpaired) electrons. The van der Waals surface area contributed by atoms with Gasteiger partial charge in [-0.2, -0.15) is 0 Å². The molecular formula is C11H19F2N5O. The molecule has 0 spiro atoms. The molecule has 0 aliphatic carbocycles. The second-order valence-electron chi connectivity index (χ2n) is 4.32. The van der Waals surface area contributed by atoms with Crippen molar-refractivity contribution in [2.24, 2.45) is 5.84 Å². The Morgan fingerprint density at radius 3 is 2.58 bits per heavy atom. The summed E-state index contributed by atoms with van der Waals surface area (Å²) in [4.78, 5) is 9.37. The Labute approximate surface area is 110 Å². The predicted octanol–water partition coefficient (Wildman–Crippen LogP) is 0.949. The fourth-order valence-electron chi connectivity index (χ4n) is 1.86. The van der Waals surface area contributed by atoms with Crippen LogP contribution in [0.2, 0.25) is 0 Å². The standard InChI is InChI=1S/C11H19F2N5O/c1-7(2)9-10(17-14)15-6-16-11(9)18(3-4-19)5-8(12)13/h6-8,19H,3-5,14H2,1-2H3,(H,15,16,17). The molecule has 1 rings (SSSR count). The maximum atomic E-state index is 12.6. The molecule has 19 heavy (non-hydrogen) atoms. The Bertz CT molecular complexity index is 403. The normalized spacial score (nSPS) is 11.2. The molecule has 1 heterocycles. The highest BCUT2D eigenvalue weighted by Gasteiger charge is 2.21. The third-order valence-corrected chi connectivity index (χ3v) is 2.60. The van der Waals surface area contributed by atoms with Gasteiger partial charge in [-0.25, -0.2) is 24.6 Å². The van der Waals surface area contributed by atoms with Crippen molar-refractivity contribution in [1.29, 1.82) is 0 Å². The van der Waals surface area contributed by atoms with Gasteiger partial charge in [-0.1, -0.05) is 13.8 Å². The van der Waals surface area contributed by atoms with Gasteiger partial charge in [0, 0.05) is 12.1 Å². The highest BCUT2D eigenvalue weighted by atomic mass is 19.3. The summed E-state index contributed by atoms with van der Waals surface area (Å²) in [5.41, 5.74) is 3.09. The maximum absolute atomic E-state index is 12.6. The number of hydrogen-bond donors (Lipinski definition) is 3. The number of alkyl halides is 2. The number of anilines is 2. The van der Waals surface area contributed by atoms with E-state index in [1.165, 1.54) is 11.2 Å². The number of nitrogens with zero attached hydrogens (tertiary/aromatic N) is 3. The van der Waals surface area contributed by atoms with Crippen LogP contribution in [0.25, 0.3) is 0 Å². The Kier molecular flexibility index (Phi) is 5.84. The Morgan fingerprint density at radius 2 is 2.11 bits per heavy atom. The first-order valence-corrected chi connectivity index (χ1v) is 5.96. The topological polar surface area (TPSA) is 87.3 Å². The third kappa shape index (κ3) is 3.97. The lowest BCUT2D eigenvalue weighted by atomic mass is 10.0. The molecule has 0 aliphatic heterocycles. The highest BCUT2D eigenvalue weighted by molar-refractivity contribution is 5.59. The highest BCUT2D eigenvalue weighted by Crippen LogP contribution is 2.30. The van der Waals surface area contributed by atoms with Gasteiger partial charge in [-0.15, -0.1) is 0 Å². The number of halogens is 2. The number of nitrogen functional groups attached to an aromatic ring is 1. The molecule has 8 heteroatoms. The molecule has 0 bridgehead atoms. The smallest absolute Gasteiger partial charge is 0.255 e. The lowest BCUT2D eigenvalue weighted by molar-refractivity contribution is 0.152. The number of aliphatic hydroxyl groups is 1. The molecular weight excluding hydrogens is 256 g/mol. The molecule has 1 aromatic heterocycles. The van der Waals surface area contributed by atoms with Crippen LogP contribution in [0.4, 0.5) is 20.4 Å². The van der Waals surface area contributed by atoms with Gasteiger partial charge in [0.2, 0.25) is 0 Å². The Hall–Kier alpha value is -1.54. The van der Waals surface area contributed by atoms with Crippen molar-refractivity contribution in [3.8, 4) is 0 Å². The fraction of sp³-hybridized carbons (Fsp3) is 0.636. The van der Waals surface area contributed by atoms with Crippen molar-refractivity contribution >= 4 is 11.6 Å².